The average Bonchev–Trinajstić information content (AvgIpc) is 2.29. The van der Waals surface area contributed by atoms with E-state index < -0.39 is 0 Å². The van der Waals surface area contributed by atoms with Crippen molar-refractivity contribution in [3.8, 4) is 5.88 Å². The van der Waals surface area contributed by atoms with Gasteiger partial charge in [-0.05, 0) is 5.92 Å². The van der Waals surface area contributed by atoms with Crippen LogP contribution < -0.4 is 15.8 Å². The van der Waals surface area contributed by atoms with Crippen molar-refractivity contribution in [2.24, 2.45) is 5.92 Å². The molecule has 0 saturated carbocycles. The SMILES string of the molecule is CNc1nc(COC)nc(OCC(C)C)c1N. The lowest BCUT2D eigenvalue weighted by atomic mass is 10.2. The Morgan fingerprint density at radius 3 is 2.59 bits per heavy atom. The number of nitrogens with zero attached hydrogens (tertiary/aromatic N) is 2. The minimum Gasteiger partial charge on any atom is -0.476 e. The van der Waals surface area contributed by atoms with E-state index in [2.05, 4.69) is 29.1 Å². The van der Waals surface area contributed by atoms with Gasteiger partial charge in [0.05, 0.1) is 6.61 Å². The highest BCUT2D eigenvalue weighted by atomic mass is 16.5. The third-order valence-electron chi connectivity index (χ3n) is 2.02. The van der Waals surface area contributed by atoms with Gasteiger partial charge in [-0.3, -0.25) is 0 Å². The molecule has 0 unspecified atom stereocenters. The lowest BCUT2D eigenvalue weighted by molar-refractivity contribution is 0.176. The zero-order chi connectivity index (χ0) is 12.8. The summed E-state index contributed by atoms with van der Waals surface area (Å²) in [6.07, 6.45) is 0. The van der Waals surface area contributed by atoms with E-state index in [4.69, 9.17) is 15.2 Å². The van der Waals surface area contributed by atoms with Gasteiger partial charge in [-0.15, -0.1) is 0 Å². The van der Waals surface area contributed by atoms with Crippen molar-refractivity contribution in [2.45, 2.75) is 20.5 Å². The van der Waals surface area contributed by atoms with Crippen LogP contribution in [0.5, 0.6) is 5.88 Å². The number of hydrogen-bond donors (Lipinski definition) is 2. The maximum Gasteiger partial charge on any atom is 0.242 e. The first-order valence-corrected chi connectivity index (χ1v) is 5.54. The van der Waals surface area contributed by atoms with Crippen molar-refractivity contribution >= 4 is 11.5 Å². The van der Waals surface area contributed by atoms with Crippen LogP contribution in [0.1, 0.15) is 19.7 Å². The monoisotopic (exact) mass is 240 g/mol. The highest BCUT2D eigenvalue weighted by Crippen LogP contribution is 2.26. The Kier molecular flexibility index (Phi) is 4.96. The summed E-state index contributed by atoms with van der Waals surface area (Å²) in [6, 6.07) is 0. The summed E-state index contributed by atoms with van der Waals surface area (Å²) in [4.78, 5) is 8.44. The van der Waals surface area contributed by atoms with Gasteiger partial charge in [-0.2, -0.15) is 4.98 Å². The fourth-order valence-corrected chi connectivity index (χ4v) is 1.23. The molecule has 0 aliphatic carbocycles. The molecule has 1 rings (SSSR count). The summed E-state index contributed by atoms with van der Waals surface area (Å²) in [5, 5.41) is 2.91. The molecule has 0 aliphatic rings. The summed E-state index contributed by atoms with van der Waals surface area (Å²) in [6.45, 7) is 5.02. The van der Waals surface area contributed by atoms with Crippen molar-refractivity contribution in [2.75, 3.05) is 31.8 Å². The molecule has 0 aliphatic heterocycles. The van der Waals surface area contributed by atoms with E-state index in [0.717, 1.165) is 0 Å². The van der Waals surface area contributed by atoms with Crippen LogP contribution in [-0.2, 0) is 11.3 Å². The molecule has 96 valence electrons. The van der Waals surface area contributed by atoms with Gasteiger partial charge in [-0.25, -0.2) is 4.98 Å². The van der Waals surface area contributed by atoms with Crippen LogP contribution in [0.2, 0.25) is 0 Å². The Labute approximate surface area is 102 Å². The minimum absolute atomic E-state index is 0.326. The molecule has 0 amide bonds. The standard InChI is InChI=1S/C11H20N4O2/c1-7(2)5-17-11-9(12)10(13-3)14-8(15-11)6-16-4/h7H,5-6,12H2,1-4H3,(H,13,14,15). The number of nitrogens with one attached hydrogen (secondary N) is 1. The molecule has 0 saturated heterocycles. The summed E-state index contributed by atoms with van der Waals surface area (Å²) in [7, 11) is 3.34. The normalized spacial score (nSPS) is 10.6. The molecule has 1 aromatic heterocycles. The second-order valence-corrected chi connectivity index (χ2v) is 4.10. The molecule has 0 fully saturated rings. The van der Waals surface area contributed by atoms with E-state index in [-0.39, 0.29) is 0 Å². The predicted molar refractivity (Wildman–Crippen MR) is 67.0 cm³/mol. The Balaban J connectivity index is 2.96. The topological polar surface area (TPSA) is 82.3 Å². The smallest absolute Gasteiger partial charge is 0.242 e. The molecule has 3 N–H and O–H groups in total. The highest BCUT2D eigenvalue weighted by Gasteiger charge is 2.12. The van der Waals surface area contributed by atoms with Gasteiger partial charge in [0.1, 0.15) is 12.3 Å². The third-order valence-corrected chi connectivity index (χ3v) is 2.02. The fourth-order valence-electron chi connectivity index (χ4n) is 1.23. The second-order valence-electron chi connectivity index (χ2n) is 4.10. The van der Waals surface area contributed by atoms with Crippen molar-refractivity contribution in [1.29, 1.82) is 0 Å². The van der Waals surface area contributed by atoms with E-state index in [9.17, 15) is 0 Å². The van der Waals surface area contributed by atoms with Crippen LogP contribution in [0.4, 0.5) is 11.5 Å². The first-order chi connectivity index (χ1) is 8.08. The minimum atomic E-state index is 0.326. The van der Waals surface area contributed by atoms with Crippen molar-refractivity contribution in [3.63, 3.8) is 0 Å². The van der Waals surface area contributed by atoms with Gasteiger partial charge in [-0.1, -0.05) is 13.8 Å². The lowest BCUT2D eigenvalue weighted by Crippen LogP contribution is -2.12. The first kappa shape index (κ1) is 13.5. The van der Waals surface area contributed by atoms with Gasteiger partial charge < -0.3 is 20.5 Å². The number of nitrogen functional groups attached to an aromatic ring is 1. The second kappa shape index (κ2) is 6.24. The Hall–Kier alpha value is -1.56. The molecule has 6 nitrogen and oxygen atoms in total. The molecule has 0 radical (unpaired) electrons. The summed E-state index contributed by atoms with van der Waals surface area (Å²) in [5.41, 5.74) is 6.32. The first-order valence-electron chi connectivity index (χ1n) is 5.54. The van der Waals surface area contributed by atoms with E-state index in [1.165, 1.54) is 0 Å². The summed E-state index contributed by atoms with van der Waals surface area (Å²) in [5.74, 6) is 1.92. The van der Waals surface area contributed by atoms with Crippen LogP contribution in [0.25, 0.3) is 0 Å². The average molecular weight is 240 g/mol. The molecule has 0 atom stereocenters. The molecule has 0 bridgehead atoms. The van der Waals surface area contributed by atoms with Crippen LogP contribution in [0, 0.1) is 5.92 Å². The Morgan fingerprint density at radius 2 is 2.06 bits per heavy atom. The maximum absolute atomic E-state index is 5.89. The molecule has 0 spiro atoms. The van der Waals surface area contributed by atoms with Crippen LogP contribution >= 0.6 is 0 Å². The number of methoxy groups -OCH3 is 1. The molecular formula is C11H20N4O2. The Bertz CT molecular complexity index is 369. The van der Waals surface area contributed by atoms with Gasteiger partial charge in [0, 0.05) is 14.2 Å². The summed E-state index contributed by atoms with van der Waals surface area (Å²) < 4.78 is 10.6. The Morgan fingerprint density at radius 1 is 1.35 bits per heavy atom. The molecule has 6 heteroatoms. The van der Waals surface area contributed by atoms with Gasteiger partial charge in [0.25, 0.3) is 0 Å². The largest absolute Gasteiger partial charge is 0.476 e. The fraction of sp³-hybridized carbons (Fsp3) is 0.636. The van der Waals surface area contributed by atoms with Gasteiger partial charge >= 0.3 is 0 Å². The van der Waals surface area contributed by atoms with Gasteiger partial charge in [0.15, 0.2) is 11.6 Å². The number of nitrogens with two attached hydrogens (primary N) is 1. The van der Waals surface area contributed by atoms with Crippen molar-refractivity contribution in [3.05, 3.63) is 5.82 Å². The third kappa shape index (κ3) is 3.74. The number of anilines is 2. The number of aromatic nitrogens is 2. The van der Waals surface area contributed by atoms with Crippen molar-refractivity contribution in [1.82, 2.24) is 9.97 Å². The lowest BCUT2D eigenvalue weighted by Gasteiger charge is -2.13. The van der Waals surface area contributed by atoms with E-state index in [1.807, 2.05) is 0 Å². The number of ether oxygens (including phenoxy) is 2. The zero-order valence-electron chi connectivity index (χ0n) is 10.8. The number of rotatable bonds is 6. The van der Waals surface area contributed by atoms with E-state index in [1.54, 1.807) is 14.2 Å². The zero-order valence-corrected chi connectivity index (χ0v) is 10.8. The van der Waals surface area contributed by atoms with Crippen LogP contribution in [0.3, 0.4) is 0 Å². The van der Waals surface area contributed by atoms with Crippen LogP contribution in [0.15, 0.2) is 0 Å². The quantitative estimate of drug-likeness (QED) is 0.779. The highest BCUT2D eigenvalue weighted by molar-refractivity contribution is 5.66. The van der Waals surface area contributed by atoms with E-state index in [0.29, 0.717) is 42.3 Å². The van der Waals surface area contributed by atoms with Crippen LogP contribution in [-0.4, -0.2) is 30.7 Å². The molecule has 1 heterocycles. The number of hydrogen-bond acceptors (Lipinski definition) is 6. The molecular weight excluding hydrogens is 220 g/mol. The molecule has 17 heavy (non-hydrogen) atoms. The van der Waals surface area contributed by atoms with E-state index >= 15 is 0 Å². The van der Waals surface area contributed by atoms with Crippen molar-refractivity contribution < 1.29 is 9.47 Å². The maximum atomic E-state index is 5.89. The predicted octanol–water partition coefficient (Wildman–Crippen LogP) is 1.28. The molecule has 1 aromatic rings. The molecule has 0 aromatic carbocycles. The summed E-state index contributed by atoms with van der Waals surface area (Å²) >= 11 is 0. The van der Waals surface area contributed by atoms with Gasteiger partial charge in [0.2, 0.25) is 5.88 Å².